The van der Waals surface area contributed by atoms with Crippen LogP contribution in [0.2, 0.25) is 0 Å². The SMILES string of the molecule is CC(C)(C)C(O)C(O)c1sccc1Br. The van der Waals surface area contributed by atoms with E-state index in [9.17, 15) is 10.2 Å². The smallest absolute Gasteiger partial charge is 0.116 e. The number of thiophene rings is 1. The van der Waals surface area contributed by atoms with Crippen LogP contribution in [-0.4, -0.2) is 16.3 Å². The Hall–Kier alpha value is 0.100. The Balaban J connectivity index is 2.86. The molecule has 0 spiro atoms. The van der Waals surface area contributed by atoms with E-state index in [0.717, 1.165) is 9.35 Å². The van der Waals surface area contributed by atoms with E-state index in [-0.39, 0.29) is 5.41 Å². The number of rotatable bonds is 2. The molecule has 1 heterocycles. The summed E-state index contributed by atoms with van der Waals surface area (Å²) in [7, 11) is 0. The molecule has 0 bridgehead atoms. The summed E-state index contributed by atoms with van der Waals surface area (Å²) >= 11 is 4.79. The molecule has 0 amide bonds. The molecule has 80 valence electrons. The topological polar surface area (TPSA) is 40.5 Å². The van der Waals surface area contributed by atoms with Gasteiger partial charge in [-0.15, -0.1) is 11.3 Å². The van der Waals surface area contributed by atoms with Crippen molar-refractivity contribution in [2.75, 3.05) is 0 Å². The summed E-state index contributed by atoms with van der Waals surface area (Å²) in [5.41, 5.74) is -0.317. The number of halogens is 1. The monoisotopic (exact) mass is 278 g/mol. The molecule has 0 saturated heterocycles. The first kappa shape index (κ1) is 12.2. The van der Waals surface area contributed by atoms with E-state index >= 15 is 0 Å². The van der Waals surface area contributed by atoms with Gasteiger partial charge in [-0.05, 0) is 32.8 Å². The quantitative estimate of drug-likeness (QED) is 0.873. The van der Waals surface area contributed by atoms with Crippen LogP contribution in [0.15, 0.2) is 15.9 Å². The first-order chi connectivity index (χ1) is 6.34. The summed E-state index contributed by atoms with van der Waals surface area (Å²) in [6.07, 6.45) is -1.57. The fraction of sp³-hybridized carbons (Fsp3) is 0.600. The van der Waals surface area contributed by atoms with Crippen LogP contribution >= 0.6 is 27.3 Å². The van der Waals surface area contributed by atoms with E-state index in [4.69, 9.17) is 0 Å². The third-order valence-corrected chi connectivity index (χ3v) is 4.04. The van der Waals surface area contributed by atoms with Gasteiger partial charge in [0.05, 0.1) is 6.10 Å². The van der Waals surface area contributed by atoms with Crippen molar-refractivity contribution < 1.29 is 10.2 Å². The minimum absolute atomic E-state index is 0.317. The van der Waals surface area contributed by atoms with Crippen LogP contribution in [-0.2, 0) is 0 Å². The zero-order chi connectivity index (χ0) is 10.9. The Labute approximate surface area is 96.7 Å². The van der Waals surface area contributed by atoms with Crippen molar-refractivity contribution >= 4 is 27.3 Å². The lowest BCUT2D eigenvalue weighted by molar-refractivity contribution is -0.0444. The molecule has 0 aliphatic carbocycles. The lowest BCUT2D eigenvalue weighted by atomic mass is 9.85. The predicted molar refractivity (Wildman–Crippen MR) is 62.4 cm³/mol. The minimum atomic E-state index is -0.815. The van der Waals surface area contributed by atoms with Crippen molar-refractivity contribution in [3.63, 3.8) is 0 Å². The number of aliphatic hydroxyl groups excluding tert-OH is 2. The number of hydrogen-bond acceptors (Lipinski definition) is 3. The zero-order valence-corrected chi connectivity index (χ0v) is 10.9. The molecule has 1 aromatic heterocycles. The summed E-state index contributed by atoms with van der Waals surface area (Å²) in [4.78, 5) is 0.785. The lowest BCUT2D eigenvalue weighted by Crippen LogP contribution is -2.32. The maximum Gasteiger partial charge on any atom is 0.116 e. The van der Waals surface area contributed by atoms with Gasteiger partial charge >= 0.3 is 0 Å². The summed E-state index contributed by atoms with van der Waals surface area (Å²) in [5.74, 6) is 0. The molecule has 0 aliphatic heterocycles. The van der Waals surface area contributed by atoms with Gasteiger partial charge in [-0.3, -0.25) is 0 Å². The van der Waals surface area contributed by atoms with Gasteiger partial charge in [0.15, 0.2) is 0 Å². The Morgan fingerprint density at radius 3 is 2.29 bits per heavy atom. The highest BCUT2D eigenvalue weighted by Gasteiger charge is 2.31. The molecule has 0 radical (unpaired) electrons. The third kappa shape index (κ3) is 2.57. The van der Waals surface area contributed by atoms with Crippen molar-refractivity contribution in [3.8, 4) is 0 Å². The molecule has 1 rings (SSSR count). The van der Waals surface area contributed by atoms with Gasteiger partial charge in [-0.25, -0.2) is 0 Å². The highest BCUT2D eigenvalue weighted by molar-refractivity contribution is 9.10. The standard InChI is InChI=1S/C10H15BrO2S/c1-10(2,3)9(13)7(12)8-6(11)4-5-14-8/h4-5,7,9,12-13H,1-3H3. The van der Waals surface area contributed by atoms with E-state index in [1.807, 2.05) is 32.2 Å². The van der Waals surface area contributed by atoms with Crippen LogP contribution in [0.1, 0.15) is 31.8 Å². The van der Waals surface area contributed by atoms with Crippen LogP contribution in [0.5, 0.6) is 0 Å². The highest BCUT2D eigenvalue weighted by atomic mass is 79.9. The molecular formula is C10H15BrO2S. The Morgan fingerprint density at radius 2 is 1.93 bits per heavy atom. The summed E-state index contributed by atoms with van der Waals surface area (Å²) in [5, 5.41) is 21.7. The molecular weight excluding hydrogens is 264 g/mol. The molecule has 0 aliphatic rings. The molecule has 1 aromatic rings. The van der Waals surface area contributed by atoms with Gasteiger partial charge in [0, 0.05) is 9.35 Å². The van der Waals surface area contributed by atoms with Crippen molar-refractivity contribution in [2.45, 2.75) is 33.0 Å². The van der Waals surface area contributed by atoms with Gasteiger partial charge in [0.1, 0.15) is 6.10 Å². The Kier molecular flexibility index (Phi) is 3.75. The average molecular weight is 279 g/mol. The van der Waals surface area contributed by atoms with Crippen LogP contribution in [0.4, 0.5) is 0 Å². The van der Waals surface area contributed by atoms with E-state index in [0.29, 0.717) is 0 Å². The first-order valence-electron chi connectivity index (χ1n) is 4.43. The first-order valence-corrected chi connectivity index (χ1v) is 6.10. The Bertz CT molecular complexity index is 303. The Morgan fingerprint density at radius 1 is 1.36 bits per heavy atom. The number of hydrogen-bond donors (Lipinski definition) is 2. The van der Waals surface area contributed by atoms with Crippen molar-refractivity contribution in [3.05, 3.63) is 20.8 Å². The van der Waals surface area contributed by atoms with Crippen LogP contribution in [0.3, 0.4) is 0 Å². The van der Waals surface area contributed by atoms with Gasteiger partial charge in [-0.1, -0.05) is 20.8 Å². The second-order valence-electron chi connectivity index (χ2n) is 4.39. The number of aliphatic hydroxyl groups is 2. The molecule has 2 unspecified atom stereocenters. The van der Waals surface area contributed by atoms with Gasteiger partial charge in [0.2, 0.25) is 0 Å². The molecule has 0 fully saturated rings. The molecule has 4 heteroatoms. The second kappa shape index (κ2) is 4.31. The largest absolute Gasteiger partial charge is 0.389 e. The van der Waals surface area contributed by atoms with Crippen LogP contribution < -0.4 is 0 Å². The third-order valence-electron chi connectivity index (χ3n) is 2.10. The molecule has 14 heavy (non-hydrogen) atoms. The van der Waals surface area contributed by atoms with Gasteiger partial charge in [0.25, 0.3) is 0 Å². The molecule has 2 atom stereocenters. The lowest BCUT2D eigenvalue weighted by Gasteiger charge is -2.29. The summed E-state index contributed by atoms with van der Waals surface area (Å²) in [6.45, 7) is 5.72. The molecule has 2 nitrogen and oxygen atoms in total. The molecule has 2 N–H and O–H groups in total. The van der Waals surface area contributed by atoms with E-state index in [1.165, 1.54) is 11.3 Å². The second-order valence-corrected chi connectivity index (χ2v) is 6.19. The van der Waals surface area contributed by atoms with E-state index in [2.05, 4.69) is 15.9 Å². The van der Waals surface area contributed by atoms with E-state index < -0.39 is 12.2 Å². The molecule has 0 saturated carbocycles. The normalized spacial score (nSPS) is 16.7. The van der Waals surface area contributed by atoms with Crippen molar-refractivity contribution in [1.82, 2.24) is 0 Å². The summed E-state index contributed by atoms with van der Waals surface area (Å²) < 4.78 is 0.860. The fourth-order valence-corrected chi connectivity index (χ4v) is 2.76. The van der Waals surface area contributed by atoms with E-state index in [1.54, 1.807) is 0 Å². The zero-order valence-electron chi connectivity index (χ0n) is 8.49. The fourth-order valence-electron chi connectivity index (χ4n) is 1.13. The minimum Gasteiger partial charge on any atom is -0.389 e. The van der Waals surface area contributed by atoms with Gasteiger partial charge < -0.3 is 10.2 Å². The van der Waals surface area contributed by atoms with Gasteiger partial charge in [-0.2, -0.15) is 0 Å². The summed E-state index contributed by atoms with van der Waals surface area (Å²) in [6, 6.07) is 1.87. The van der Waals surface area contributed by atoms with Crippen molar-refractivity contribution in [2.24, 2.45) is 5.41 Å². The average Bonchev–Trinajstić information content (AvgIpc) is 2.47. The van der Waals surface area contributed by atoms with Crippen LogP contribution in [0.25, 0.3) is 0 Å². The van der Waals surface area contributed by atoms with Crippen LogP contribution in [0, 0.1) is 5.41 Å². The maximum atomic E-state index is 9.92. The van der Waals surface area contributed by atoms with Crippen molar-refractivity contribution in [1.29, 1.82) is 0 Å². The molecule has 0 aromatic carbocycles. The highest BCUT2D eigenvalue weighted by Crippen LogP contribution is 2.36. The maximum absolute atomic E-state index is 9.92. The predicted octanol–water partition coefficient (Wildman–Crippen LogP) is 2.95.